The first-order valence-corrected chi connectivity index (χ1v) is 8.06. The van der Waals surface area contributed by atoms with Gasteiger partial charge in [-0.25, -0.2) is 4.39 Å². The molecule has 0 saturated heterocycles. The van der Waals surface area contributed by atoms with Gasteiger partial charge >= 0.3 is 0 Å². The second kappa shape index (κ2) is 7.18. The molecule has 114 valence electrons. The van der Waals surface area contributed by atoms with E-state index in [1.807, 2.05) is 17.8 Å². The lowest BCUT2D eigenvalue weighted by Crippen LogP contribution is -2.22. The van der Waals surface area contributed by atoms with Crippen molar-refractivity contribution in [1.29, 1.82) is 0 Å². The molecule has 0 fully saturated rings. The molecule has 0 radical (unpaired) electrons. The van der Waals surface area contributed by atoms with Crippen LogP contribution in [0.25, 0.3) is 0 Å². The lowest BCUT2D eigenvalue weighted by atomic mass is 10.0. The van der Waals surface area contributed by atoms with Gasteiger partial charge in [-0.2, -0.15) is 5.10 Å². The number of halogens is 2. The number of aryl methyl sites for hydroxylation is 2. The average Bonchev–Trinajstić information content (AvgIpc) is 2.88. The highest BCUT2D eigenvalue weighted by Gasteiger charge is 2.19. The van der Waals surface area contributed by atoms with Gasteiger partial charge in [-0.05, 0) is 38.6 Å². The van der Waals surface area contributed by atoms with Crippen LogP contribution in [0.1, 0.15) is 36.8 Å². The van der Waals surface area contributed by atoms with Crippen LogP contribution in [0.4, 0.5) is 4.39 Å². The molecule has 0 aliphatic heterocycles. The third-order valence-electron chi connectivity index (χ3n) is 3.69. The van der Waals surface area contributed by atoms with E-state index in [0.717, 1.165) is 28.8 Å². The molecular formula is C16H21BrFN3. The van der Waals surface area contributed by atoms with Gasteiger partial charge in [-0.3, -0.25) is 4.68 Å². The van der Waals surface area contributed by atoms with Crippen LogP contribution in [0.5, 0.6) is 0 Å². The van der Waals surface area contributed by atoms with Crippen LogP contribution >= 0.6 is 15.9 Å². The van der Waals surface area contributed by atoms with Crippen molar-refractivity contribution in [2.45, 2.75) is 39.3 Å². The average molecular weight is 354 g/mol. The van der Waals surface area contributed by atoms with Crippen molar-refractivity contribution in [2.75, 3.05) is 7.05 Å². The smallest absolute Gasteiger partial charge is 0.129 e. The number of nitrogens with one attached hydrogen (secondary N) is 1. The van der Waals surface area contributed by atoms with Crippen molar-refractivity contribution in [3.8, 4) is 0 Å². The minimum Gasteiger partial charge on any atom is -0.313 e. The summed E-state index contributed by atoms with van der Waals surface area (Å²) in [6.07, 6.45) is 1.62. The Morgan fingerprint density at radius 2 is 2.14 bits per heavy atom. The molecule has 1 aromatic carbocycles. The van der Waals surface area contributed by atoms with Crippen LogP contribution in [0, 0.1) is 5.82 Å². The molecule has 1 aromatic heterocycles. The summed E-state index contributed by atoms with van der Waals surface area (Å²) in [4.78, 5) is 0. The van der Waals surface area contributed by atoms with Crippen LogP contribution in [-0.4, -0.2) is 16.8 Å². The van der Waals surface area contributed by atoms with Crippen molar-refractivity contribution in [2.24, 2.45) is 0 Å². The highest BCUT2D eigenvalue weighted by Crippen LogP contribution is 2.28. The molecule has 0 bridgehead atoms. The summed E-state index contributed by atoms with van der Waals surface area (Å²) < 4.78 is 16.9. The highest BCUT2D eigenvalue weighted by atomic mass is 79.9. The summed E-state index contributed by atoms with van der Waals surface area (Å²) in [6, 6.07) is 7.10. The molecular weight excluding hydrogens is 333 g/mol. The van der Waals surface area contributed by atoms with Crippen LogP contribution in [0.2, 0.25) is 0 Å². The SMILES string of the molecule is CCc1cc(CC(NC)c2c(F)cccc2Br)n(CC)n1. The summed E-state index contributed by atoms with van der Waals surface area (Å²) in [5.41, 5.74) is 2.88. The van der Waals surface area contributed by atoms with Crippen LogP contribution < -0.4 is 5.32 Å². The summed E-state index contributed by atoms with van der Waals surface area (Å²) >= 11 is 3.45. The van der Waals surface area contributed by atoms with E-state index in [1.165, 1.54) is 6.07 Å². The first kappa shape index (κ1) is 16.2. The molecule has 2 aromatic rings. The van der Waals surface area contributed by atoms with Crippen molar-refractivity contribution in [1.82, 2.24) is 15.1 Å². The maximum Gasteiger partial charge on any atom is 0.129 e. The van der Waals surface area contributed by atoms with E-state index < -0.39 is 0 Å². The number of likely N-dealkylation sites (N-methyl/N-ethyl adjacent to an activating group) is 1. The Hall–Kier alpha value is -1.20. The first-order chi connectivity index (χ1) is 10.1. The molecule has 1 unspecified atom stereocenters. The van der Waals surface area contributed by atoms with Gasteiger partial charge < -0.3 is 5.32 Å². The van der Waals surface area contributed by atoms with Gasteiger partial charge in [0.25, 0.3) is 0 Å². The topological polar surface area (TPSA) is 29.9 Å². The zero-order valence-corrected chi connectivity index (χ0v) is 14.2. The number of rotatable bonds is 6. The standard InChI is InChI=1S/C16H21BrFN3/c1-4-11-9-12(21(5-2)20-11)10-15(19-3)16-13(17)7-6-8-14(16)18/h6-9,15,19H,4-5,10H2,1-3H3. The minimum atomic E-state index is -0.193. The minimum absolute atomic E-state index is 0.0905. The molecule has 0 saturated carbocycles. The third kappa shape index (κ3) is 3.52. The molecule has 1 atom stereocenters. The Bertz CT molecular complexity index is 589. The predicted molar refractivity (Wildman–Crippen MR) is 86.9 cm³/mol. The van der Waals surface area contributed by atoms with E-state index in [-0.39, 0.29) is 11.9 Å². The fraction of sp³-hybridized carbons (Fsp3) is 0.438. The number of hydrogen-bond acceptors (Lipinski definition) is 2. The maximum atomic E-state index is 14.2. The fourth-order valence-corrected chi connectivity index (χ4v) is 3.15. The molecule has 0 spiro atoms. The van der Waals surface area contributed by atoms with E-state index in [2.05, 4.69) is 46.3 Å². The van der Waals surface area contributed by atoms with Gasteiger partial charge in [-0.1, -0.05) is 28.9 Å². The number of aromatic nitrogens is 2. The van der Waals surface area contributed by atoms with E-state index >= 15 is 0 Å². The Balaban J connectivity index is 2.33. The molecule has 21 heavy (non-hydrogen) atoms. The Kier molecular flexibility index (Phi) is 5.53. The van der Waals surface area contributed by atoms with Gasteiger partial charge in [-0.15, -0.1) is 0 Å². The molecule has 0 aliphatic rings. The molecule has 1 N–H and O–H groups in total. The van der Waals surface area contributed by atoms with E-state index in [1.54, 1.807) is 6.07 Å². The number of benzene rings is 1. The van der Waals surface area contributed by atoms with Gasteiger partial charge in [0.05, 0.1) is 5.69 Å². The number of nitrogens with zero attached hydrogens (tertiary/aromatic N) is 2. The zero-order chi connectivity index (χ0) is 15.4. The van der Waals surface area contributed by atoms with Crippen molar-refractivity contribution in [3.05, 3.63) is 51.5 Å². The monoisotopic (exact) mass is 353 g/mol. The Morgan fingerprint density at radius 3 is 2.71 bits per heavy atom. The molecule has 5 heteroatoms. The molecule has 0 aliphatic carbocycles. The molecule has 0 amide bonds. The van der Waals surface area contributed by atoms with Crippen molar-refractivity contribution < 1.29 is 4.39 Å². The number of hydrogen-bond donors (Lipinski definition) is 1. The second-order valence-electron chi connectivity index (χ2n) is 4.98. The Morgan fingerprint density at radius 1 is 1.38 bits per heavy atom. The fourth-order valence-electron chi connectivity index (χ4n) is 2.53. The summed E-state index contributed by atoms with van der Waals surface area (Å²) in [6.45, 7) is 4.99. The largest absolute Gasteiger partial charge is 0.313 e. The maximum absolute atomic E-state index is 14.2. The van der Waals surface area contributed by atoms with Gasteiger partial charge in [0, 0.05) is 34.7 Å². The third-order valence-corrected chi connectivity index (χ3v) is 4.38. The molecule has 2 rings (SSSR count). The zero-order valence-electron chi connectivity index (χ0n) is 12.7. The lowest BCUT2D eigenvalue weighted by Gasteiger charge is -2.19. The van der Waals surface area contributed by atoms with Gasteiger partial charge in [0.1, 0.15) is 5.82 Å². The van der Waals surface area contributed by atoms with E-state index in [9.17, 15) is 4.39 Å². The predicted octanol–water partition coefficient (Wildman–Crippen LogP) is 3.87. The molecule has 1 heterocycles. The first-order valence-electron chi connectivity index (χ1n) is 7.27. The summed E-state index contributed by atoms with van der Waals surface area (Å²) in [7, 11) is 1.86. The highest BCUT2D eigenvalue weighted by molar-refractivity contribution is 9.10. The van der Waals surface area contributed by atoms with Crippen LogP contribution in [0.3, 0.4) is 0 Å². The summed E-state index contributed by atoms with van der Waals surface area (Å²) in [5, 5.41) is 7.77. The van der Waals surface area contributed by atoms with Crippen molar-refractivity contribution in [3.63, 3.8) is 0 Å². The van der Waals surface area contributed by atoms with Crippen LogP contribution in [0.15, 0.2) is 28.7 Å². The van der Waals surface area contributed by atoms with E-state index in [0.29, 0.717) is 12.0 Å². The Labute approximate surface area is 133 Å². The summed E-state index contributed by atoms with van der Waals surface area (Å²) in [5.74, 6) is -0.193. The second-order valence-corrected chi connectivity index (χ2v) is 5.83. The lowest BCUT2D eigenvalue weighted by molar-refractivity contribution is 0.508. The normalized spacial score (nSPS) is 12.6. The van der Waals surface area contributed by atoms with Gasteiger partial charge in [0.2, 0.25) is 0 Å². The van der Waals surface area contributed by atoms with Crippen molar-refractivity contribution >= 4 is 15.9 Å². The van der Waals surface area contributed by atoms with E-state index in [4.69, 9.17) is 0 Å². The molecule has 3 nitrogen and oxygen atoms in total. The van der Waals surface area contributed by atoms with Gasteiger partial charge in [0.15, 0.2) is 0 Å². The van der Waals surface area contributed by atoms with Crippen LogP contribution in [-0.2, 0) is 19.4 Å². The quantitative estimate of drug-likeness (QED) is 0.854.